The highest BCUT2D eigenvalue weighted by atomic mass is 32.1. The summed E-state index contributed by atoms with van der Waals surface area (Å²) in [4.78, 5) is 39.1. The first kappa shape index (κ1) is 20.0. The van der Waals surface area contributed by atoms with Crippen LogP contribution in [0.5, 0.6) is 0 Å². The molecule has 2 heterocycles. The van der Waals surface area contributed by atoms with E-state index in [0.29, 0.717) is 0 Å². The molecule has 1 aromatic heterocycles. The van der Waals surface area contributed by atoms with Crippen LogP contribution in [0.2, 0.25) is 0 Å². The number of fused-ring (bicyclic) bond motifs is 1. The summed E-state index contributed by atoms with van der Waals surface area (Å²) in [5, 5.41) is 4.85. The number of carbonyl (C=O) groups excluding carboxylic acids is 3. The molecule has 1 aliphatic rings. The molecule has 0 radical (unpaired) electrons. The molecule has 1 aromatic carbocycles. The largest absolute Gasteiger partial charge is 0.465 e. The first-order valence-electron chi connectivity index (χ1n) is 8.96. The van der Waals surface area contributed by atoms with E-state index in [1.165, 1.54) is 42.9 Å². The number of nitrogens with one attached hydrogen (secondary N) is 2. The Labute approximate surface area is 167 Å². The number of amides is 1. The molecule has 0 bridgehead atoms. The normalized spacial score (nSPS) is 18.1. The van der Waals surface area contributed by atoms with Crippen LogP contribution < -0.4 is 10.2 Å². The number of benzene rings is 1. The molecule has 1 aliphatic heterocycles. The van der Waals surface area contributed by atoms with Crippen molar-refractivity contribution in [2.24, 2.45) is 0 Å². The highest BCUT2D eigenvalue weighted by Crippen LogP contribution is 2.24. The van der Waals surface area contributed by atoms with E-state index < -0.39 is 11.9 Å². The van der Waals surface area contributed by atoms with Crippen molar-refractivity contribution < 1.29 is 28.8 Å². The maximum atomic E-state index is 12.7. The molecule has 2 N–H and O–H groups in total. The third kappa shape index (κ3) is 4.07. The highest BCUT2D eigenvalue weighted by molar-refractivity contribution is 7.10. The van der Waals surface area contributed by atoms with E-state index in [9.17, 15) is 14.4 Å². The van der Waals surface area contributed by atoms with Gasteiger partial charge in [0.2, 0.25) is 0 Å². The van der Waals surface area contributed by atoms with Crippen LogP contribution in [-0.2, 0) is 20.7 Å². The second-order valence-corrected chi connectivity index (χ2v) is 7.65. The van der Waals surface area contributed by atoms with E-state index in [1.54, 1.807) is 11.3 Å². The molecule has 7 nitrogen and oxygen atoms in total. The Hall–Kier alpha value is -2.71. The van der Waals surface area contributed by atoms with Gasteiger partial charge in [-0.2, -0.15) is 0 Å². The first-order valence-corrected chi connectivity index (χ1v) is 9.84. The van der Waals surface area contributed by atoms with E-state index in [0.717, 1.165) is 17.9 Å². The number of methoxy groups -OCH3 is 2. The van der Waals surface area contributed by atoms with Gasteiger partial charge in [-0.25, -0.2) is 9.59 Å². The van der Waals surface area contributed by atoms with Crippen molar-refractivity contribution in [2.45, 2.75) is 19.4 Å². The third-order valence-electron chi connectivity index (χ3n) is 5.04. The number of rotatable bonds is 5. The molecule has 148 valence electrons. The zero-order valence-electron chi connectivity index (χ0n) is 16.0. The van der Waals surface area contributed by atoms with Crippen molar-refractivity contribution >= 4 is 34.9 Å². The zero-order chi connectivity index (χ0) is 20.3. The Kier molecular flexibility index (Phi) is 6.11. The Morgan fingerprint density at radius 3 is 2.64 bits per heavy atom. The van der Waals surface area contributed by atoms with E-state index in [-0.39, 0.29) is 35.3 Å². The van der Waals surface area contributed by atoms with Crippen molar-refractivity contribution in [1.82, 2.24) is 0 Å². The molecule has 8 heteroatoms. The maximum Gasteiger partial charge on any atom is 0.339 e. The van der Waals surface area contributed by atoms with Gasteiger partial charge in [-0.05, 0) is 36.6 Å². The summed E-state index contributed by atoms with van der Waals surface area (Å²) in [6.45, 7) is 3.25. The summed E-state index contributed by atoms with van der Waals surface area (Å²) in [5.41, 5.74) is 1.96. The Balaban J connectivity index is 1.77. The second-order valence-electron chi connectivity index (χ2n) is 6.65. The Morgan fingerprint density at radius 1 is 1.18 bits per heavy atom. The van der Waals surface area contributed by atoms with Crippen molar-refractivity contribution in [3.8, 4) is 0 Å². The van der Waals surface area contributed by atoms with Gasteiger partial charge in [0.1, 0.15) is 6.04 Å². The summed E-state index contributed by atoms with van der Waals surface area (Å²) in [7, 11) is 2.54. The molecular weight excluding hydrogens is 380 g/mol. The van der Waals surface area contributed by atoms with Gasteiger partial charge >= 0.3 is 11.9 Å². The fraction of sp³-hybridized carbons (Fsp3) is 0.350. The molecule has 3 rings (SSSR count). The molecular formula is C20H23N2O5S+. The number of anilines is 1. The smallest absolute Gasteiger partial charge is 0.339 e. The minimum atomic E-state index is -0.590. The van der Waals surface area contributed by atoms with E-state index in [1.807, 2.05) is 0 Å². The van der Waals surface area contributed by atoms with Crippen molar-refractivity contribution in [3.63, 3.8) is 0 Å². The second kappa shape index (κ2) is 8.53. The van der Waals surface area contributed by atoms with E-state index in [2.05, 4.69) is 23.7 Å². The molecule has 0 saturated heterocycles. The average molecular weight is 403 g/mol. The lowest BCUT2D eigenvalue weighted by molar-refractivity contribution is -0.923. The predicted octanol–water partition coefficient (Wildman–Crippen LogP) is 1.46. The number of carbonyl (C=O) groups is 3. The monoisotopic (exact) mass is 403 g/mol. The van der Waals surface area contributed by atoms with Crippen LogP contribution >= 0.6 is 11.3 Å². The van der Waals surface area contributed by atoms with Crippen LogP contribution in [-0.4, -0.2) is 45.2 Å². The van der Waals surface area contributed by atoms with Gasteiger partial charge in [0.05, 0.1) is 37.6 Å². The number of quaternary nitrogens is 1. The van der Waals surface area contributed by atoms with Crippen LogP contribution in [0, 0.1) is 0 Å². The number of hydrogen-bond acceptors (Lipinski definition) is 6. The molecule has 2 aromatic rings. The number of hydrogen-bond donors (Lipinski definition) is 2. The molecule has 1 unspecified atom stereocenters. The highest BCUT2D eigenvalue weighted by Gasteiger charge is 2.30. The fourth-order valence-electron chi connectivity index (χ4n) is 3.47. The fourth-order valence-corrected chi connectivity index (χ4v) is 4.45. The minimum Gasteiger partial charge on any atom is -0.465 e. The van der Waals surface area contributed by atoms with Gasteiger partial charge in [0, 0.05) is 16.9 Å². The predicted molar refractivity (Wildman–Crippen MR) is 105 cm³/mol. The number of ether oxygens (including phenoxy) is 2. The number of thiophene rings is 1. The SMILES string of the molecule is COC(=O)c1ccc(C(=O)OC)c(NC(=O)C[NH+]2CCc3sccc3[C@@H]2C)c1. The lowest BCUT2D eigenvalue weighted by Gasteiger charge is -2.30. The maximum absolute atomic E-state index is 12.7. The van der Waals surface area contributed by atoms with E-state index in [4.69, 9.17) is 9.47 Å². The average Bonchev–Trinajstić information content (AvgIpc) is 3.18. The van der Waals surface area contributed by atoms with Crippen LogP contribution in [0.1, 0.15) is 44.1 Å². The molecule has 0 saturated carbocycles. The van der Waals surface area contributed by atoms with Crippen molar-refractivity contribution in [3.05, 3.63) is 51.2 Å². The molecule has 0 fully saturated rings. The minimum absolute atomic E-state index is 0.185. The molecule has 0 aliphatic carbocycles. The van der Waals surface area contributed by atoms with Crippen LogP contribution in [0.3, 0.4) is 0 Å². The van der Waals surface area contributed by atoms with Crippen molar-refractivity contribution in [1.29, 1.82) is 0 Å². The summed E-state index contributed by atoms with van der Waals surface area (Å²) in [5.74, 6) is -1.37. The summed E-state index contributed by atoms with van der Waals surface area (Å²) >= 11 is 1.76. The standard InChI is InChI=1S/C20H22N2O5S/c1-12-14-7-9-28-17(14)6-8-22(12)11-18(23)21-16-10-13(19(24)26-2)4-5-15(16)20(25)27-3/h4-5,7,9-10,12H,6,8,11H2,1-3H3,(H,21,23)/p+1/t12-/m0/s1. The van der Waals surface area contributed by atoms with Crippen molar-refractivity contribution in [2.75, 3.05) is 32.6 Å². The van der Waals surface area contributed by atoms with Gasteiger partial charge < -0.3 is 19.7 Å². The topological polar surface area (TPSA) is 86.1 Å². The third-order valence-corrected chi connectivity index (χ3v) is 6.04. The Morgan fingerprint density at radius 2 is 1.93 bits per heavy atom. The molecule has 0 spiro atoms. The number of esters is 2. The van der Waals surface area contributed by atoms with Gasteiger partial charge in [0.15, 0.2) is 6.54 Å². The lowest BCUT2D eigenvalue weighted by atomic mass is 10.0. The zero-order valence-corrected chi connectivity index (χ0v) is 16.9. The van der Waals surface area contributed by atoms with Crippen LogP contribution in [0.25, 0.3) is 0 Å². The van der Waals surface area contributed by atoms with Gasteiger partial charge in [0.25, 0.3) is 5.91 Å². The molecule has 28 heavy (non-hydrogen) atoms. The van der Waals surface area contributed by atoms with E-state index >= 15 is 0 Å². The quantitative estimate of drug-likeness (QED) is 0.739. The molecule has 1 amide bonds. The van der Waals surface area contributed by atoms with Gasteiger partial charge in [-0.1, -0.05) is 0 Å². The molecule has 2 atom stereocenters. The van der Waals surface area contributed by atoms with Gasteiger partial charge in [-0.3, -0.25) is 4.79 Å². The first-order chi connectivity index (χ1) is 13.4. The van der Waals surface area contributed by atoms with Crippen LogP contribution in [0.4, 0.5) is 5.69 Å². The summed E-state index contributed by atoms with van der Waals surface area (Å²) in [6.07, 6.45) is 0.950. The van der Waals surface area contributed by atoms with Crippen LogP contribution in [0.15, 0.2) is 29.6 Å². The lowest BCUT2D eigenvalue weighted by Crippen LogP contribution is -3.14. The summed E-state index contributed by atoms with van der Waals surface area (Å²) < 4.78 is 9.49. The Bertz CT molecular complexity index is 908. The summed E-state index contributed by atoms with van der Waals surface area (Å²) in [6, 6.07) is 6.69. The van der Waals surface area contributed by atoms with Gasteiger partial charge in [-0.15, -0.1) is 11.3 Å².